The van der Waals surface area contributed by atoms with Gasteiger partial charge in [0.25, 0.3) is 5.69 Å². The third-order valence-electron chi connectivity index (χ3n) is 3.57. The van der Waals surface area contributed by atoms with Crippen LogP contribution in [0.1, 0.15) is 31.4 Å². The van der Waals surface area contributed by atoms with Gasteiger partial charge >= 0.3 is 0 Å². The van der Waals surface area contributed by atoms with Crippen LogP contribution in [0.4, 0.5) is 11.4 Å². The van der Waals surface area contributed by atoms with E-state index in [1.165, 1.54) is 6.07 Å². The number of primary amides is 1. The molecule has 0 radical (unpaired) electrons. The molecule has 0 saturated carbocycles. The minimum Gasteiger partial charge on any atom is -0.389 e. The summed E-state index contributed by atoms with van der Waals surface area (Å²) in [4.78, 5) is 23.8. The van der Waals surface area contributed by atoms with Crippen molar-refractivity contribution in [3.63, 3.8) is 0 Å². The largest absolute Gasteiger partial charge is 0.389 e. The number of hydrogen-bond donors (Lipinski definition) is 2. The molecule has 2 rings (SSSR count). The van der Waals surface area contributed by atoms with E-state index in [9.17, 15) is 20.0 Å². The summed E-state index contributed by atoms with van der Waals surface area (Å²) in [5.41, 5.74) is 6.07. The van der Waals surface area contributed by atoms with Crippen molar-refractivity contribution in [2.45, 2.75) is 31.9 Å². The van der Waals surface area contributed by atoms with Crippen molar-refractivity contribution < 1.29 is 14.8 Å². The third-order valence-corrected chi connectivity index (χ3v) is 3.57. The van der Waals surface area contributed by atoms with E-state index >= 15 is 0 Å². The summed E-state index contributed by atoms with van der Waals surface area (Å²) in [5, 5.41) is 20.7. The van der Waals surface area contributed by atoms with Crippen molar-refractivity contribution in [2.24, 2.45) is 5.73 Å². The SMILES string of the molecule is C[C@@H](O)c1ccc(N2CCCC2C(N)=O)c([N+](=O)[O-])c1. The molecule has 0 aromatic heterocycles. The fourth-order valence-electron chi connectivity index (χ4n) is 2.54. The molecule has 0 aliphatic carbocycles. The quantitative estimate of drug-likeness (QED) is 0.633. The Balaban J connectivity index is 2.45. The van der Waals surface area contributed by atoms with Crippen LogP contribution in [-0.2, 0) is 4.79 Å². The first-order chi connectivity index (χ1) is 9.41. The summed E-state index contributed by atoms with van der Waals surface area (Å²) in [5.74, 6) is -0.476. The Bertz CT molecular complexity index is 544. The number of aliphatic hydroxyl groups excluding tert-OH is 1. The van der Waals surface area contributed by atoms with Gasteiger partial charge in [-0.25, -0.2) is 0 Å². The lowest BCUT2D eigenvalue weighted by Gasteiger charge is -2.24. The molecule has 0 bridgehead atoms. The molecule has 1 aromatic carbocycles. The number of amides is 1. The number of carbonyl (C=O) groups excluding carboxylic acids is 1. The number of carbonyl (C=O) groups is 1. The molecule has 7 heteroatoms. The van der Waals surface area contributed by atoms with E-state index < -0.39 is 23.0 Å². The second kappa shape index (κ2) is 5.46. The van der Waals surface area contributed by atoms with Crippen LogP contribution in [0.5, 0.6) is 0 Å². The number of nitro groups is 1. The van der Waals surface area contributed by atoms with Crippen LogP contribution in [-0.4, -0.2) is 28.5 Å². The second-order valence-corrected chi connectivity index (χ2v) is 4.94. The molecule has 1 aliphatic heterocycles. The molecule has 1 aromatic rings. The molecule has 1 heterocycles. The monoisotopic (exact) mass is 279 g/mol. The Morgan fingerprint density at radius 2 is 2.30 bits per heavy atom. The van der Waals surface area contributed by atoms with Crippen LogP contribution < -0.4 is 10.6 Å². The van der Waals surface area contributed by atoms with Crippen molar-refractivity contribution in [1.29, 1.82) is 0 Å². The normalized spacial score (nSPS) is 19.9. The number of rotatable bonds is 4. The van der Waals surface area contributed by atoms with Gasteiger partial charge in [0.2, 0.25) is 5.91 Å². The van der Waals surface area contributed by atoms with Crippen molar-refractivity contribution in [3.8, 4) is 0 Å². The van der Waals surface area contributed by atoms with Gasteiger partial charge in [0, 0.05) is 12.6 Å². The lowest BCUT2D eigenvalue weighted by molar-refractivity contribution is -0.384. The van der Waals surface area contributed by atoms with Crippen LogP contribution in [0.25, 0.3) is 0 Å². The highest BCUT2D eigenvalue weighted by Crippen LogP contribution is 2.35. The number of nitrogens with two attached hydrogens (primary N) is 1. The molecule has 2 atom stereocenters. The molecular formula is C13H17N3O4. The molecule has 1 fully saturated rings. The van der Waals surface area contributed by atoms with Crippen molar-refractivity contribution >= 4 is 17.3 Å². The van der Waals surface area contributed by atoms with Gasteiger partial charge in [0.1, 0.15) is 11.7 Å². The predicted molar refractivity (Wildman–Crippen MR) is 73.3 cm³/mol. The highest BCUT2D eigenvalue weighted by atomic mass is 16.6. The van der Waals surface area contributed by atoms with E-state index in [1.807, 2.05) is 0 Å². The van der Waals surface area contributed by atoms with Gasteiger partial charge in [-0.2, -0.15) is 0 Å². The number of nitro benzene ring substituents is 1. The number of aliphatic hydroxyl groups is 1. The molecule has 1 saturated heterocycles. The fraction of sp³-hybridized carbons (Fsp3) is 0.462. The topological polar surface area (TPSA) is 110 Å². The maximum absolute atomic E-state index is 11.4. The number of anilines is 1. The van der Waals surface area contributed by atoms with Crippen LogP contribution in [0.15, 0.2) is 18.2 Å². The molecule has 3 N–H and O–H groups in total. The molecule has 1 aliphatic rings. The summed E-state index contributed by atoms with van der Waals surface area (Å²) >= 11 is 0. The summed E-state index contributed by atoms with van der Waals surface area (Å²) in [6, 6.07) is 4.03. The summed E-state index contributed by atoms with van der Waals surface area (Å²) in [6.45, 7) is 2.10. The zero-order chi connectivity index (χ0) is 14.9. The van der Waals surface area contributed by atoms with Gasteiger partial charge in [0.05, 0.1) is 11.0 Å². The third kappa shape index (κ3) is 2.57. The molecule has 1 unspecified atom stereocenters. The Kier molecular flexibility index (Phi) is 3.89. The highest BCUT2D eigenvalue weighted by Gasteiger charge is 2.33. The van der Waals surface area contributed by atoms with E-state index in [0.29, 0.717) is 24.2 Å². The average molecular weight is 279 g/mol. The highest BCUT2D eigenvalue weighted by molar-refractivity contribution is 5.85. The Morgan fingerprint density at radius 1 is 1.60 bits per heavy atom. The Morgan fingerprint density at radius 3 is 2.85 bits per heavy atom. The molecule has 7 nitrogen and oxygen atoms in total. The zero-order valence-electron chi connectivity index (χ0n) is 11.2. The first-order valence-corrected chi connectivity index (χ1v) is 6.44. The first-order valence-electron chi connectivity index (χ1n) is 6.44. The van der Waals surface area contributed by atoms with Gasteiger partial charge in [-0.3, -0.25) is 14.9 Å². The molecular weight excluding hydrogens is 262 g/mol. The molecule has 20 heavy (non-hydrogen) atoms. The zero-order valence-corrected chi connectivity index (χ0v) is 11.2. The second-order valence-electron chi connectivity index (χ2n) is 4.94. The first kappa shape index (κ1) is 14.3. The van der Waals surface area contributed by atoms with E-state index in [4.69, 9.17) is 5.73 Å². The lowest BCUT2D eigenvalue weighted by Crippen LogP contribution is -2.40. The van der Waals surface area contributed by atoms with E-state index in [1.54, 1.807) is 24.0 Å². The molecule has 0 spiro atoms. The average Bonchev–Trinajstić information content (AvgIpc) is 2.86. The van der Waals surface area contributed by atoms with Gasteiger partial charge in [0.15, 0.2) is 0 Å². The van der Waals surface area contributed by atoms with Gasteiger partial charge in [-0.05, 0) is 31.4 Å². The van der Waals surface area contributed by atoms with Crippen molar-refractivity contribution in [2.75, 3.05) is 11.4 Å². The van der Waals surface area contributed by atoms with Crippen LogP contribution >= 0.6 is 0 Å². The minimum atomic E-state index is -0.784. The smallest absolute Gasteiger partial charge is 0.292 e. The number of hydrogen-bond acceptors (Lipinski definition) is 5. The van der Waals surface area contributed by atoms with Crippen molar-refractivity contribution in [1.82, 2.24) is 0 Å². The molecule has 108 valence electrons. The Labute approximate surface area is 116 Å². The van der Waals surface area contributed by atoms with Crippen LogP contribution in [0, 0.1) is 10.1 Å². The standard InChI is InChI=1S/C13H17N3O4/c1-8(17)9-4-5-10(12(7-9)16(19)20)15-6-2-3-11(15)13(14)18/h4-5,7-8,11,17H,2-3,6H2,1H3,(H2,14,18)/t8-,11?/m1/s1. The maximum atomic E-state index is 11.4. The van der Waals surface area contributed by atoms with E-state index in [0.717, 1.165) is 6.42 Å². The summed E-state index contributed by atoms with van der Waals surface area (Å²) < 4.78 is 0. The maximum Gasteiger partial charge on any atom is 0.292 e. The van der Waals surface area contributed by atoms with Gasteiger partial charge in [-0.1, -0.05) is 6.07 Å². The number of nitrogens with zero attached hydrogens (tertiary/aromatic N) is 2. The fourth-order valence-corrected chi connectivity index (χ4v) is 2.54. The minimum absolute atomic E-state index is 0.114. The summed E-state index contributed by atoms with van der Waals surface area (Å²) in [6.07, 6.45) is 0.585. The predicted octanol–water partition coefficient (Wildman–Crippen LogP) is 1.10. The van der Waals surface area contributed by atoms with Gasteiger partial charge in [-0.15, -0.1) is 0 Å². The van der Waals surface area contributed by atoms with Crippen LogP contribution in [0.3, 0.4) is 0 Å². The Hall–Kier alpha value is -2.15. The van der Waals surface area contributed by atoms with Crippen molar-refractivity contribution in [3.05, 3.63) is 33.9 Å². The van der Waals surface area contributed by atoms with E-state index in [-0.39, 0.29) is 5.69 Å². The molecule has 1 amide bonds. The number of benzene rings is 1. The van der Waals surface area contributed by atoms with Crippen LogP contribution in [0.2, 0.25) is 0 Å². The lowest BCUT2D eigenvalue weighted by atomic mass is 10.1. The summed E-state index contributed by atoms with van der Waals surface area (Å²) in [7, 11) is 0. The van der Waals surface area contributed by atoms with E-state index in [2.05, 4.69) is 0 Å². The van der Waals surface area contributed by atoms with Gasteiger partial charge < -0.3 is 15.7 Å².